The van der Waals surface area contributed by atoms with Gasteiger partial charge in [0, 0.05) is 16.7 Å². The van der Waals surface area contributed by atoms with Gasteiger partial charge in [-0.1, -0.05) is 79.3 Å². The summed E-state index contributed by atoms with van der Waals surface area (Å²) in [7, 11) is -1.21. The van der Waals surface area contributed by atoms with E-state index in [1.54, 1.807) is 0 Å². The van der Waals surface area contributed by atoms with Crippen molar-refractivity contribution in [1.29, 1.82) is 0 Å². The van der Waals surface area contributed by atoms with Crippen molar-refractivity contribution in [2.45, 2.75) is 45.8 Å². The Balaban J connectivity index is 2.30. The smallest absolute Gasteiger partial charge is 0.211 e. The van der Waals surface area contributed by atoms with E-state index in [2.05, 4.69) is 54.3 Å². The number of alkyl halides is 1. The molecule has 164 valence electrons. The van der Waals surface area contributed by atoms with Gasteiger partial charge < -0.3 is 18.9 Å². The second-order valence-electron chi connectivity index (χ2n) is 7.56. The lowest BCUT2D eigenvalue weighted by Gasteiger charge is -2.40. The number of benzene rings is 2. The summed E-state index contributed by atoms with van der Waals surface area (Å²) in [6.45, 7) is 9.05. The normalized spacial score (nSPS) is 14.3. The van der Waals surface area contributed by atoms with Gasteiger partial charge in [0.25, 0.3) is 0 Å². The molecule has 0 aromatic heterocycles. The van der Waals surface area contributed by atoms with E-state index in [0.717, 1.165) is 16.5 Å². The van der Waals surface area contributed by atoms with Crippen molar-refractivity contribution >= 4 is 47.6 Å². The van der Waals surface area contributed by atoms with Gasteiger partial charge in [0.1, 0.15) is 18.6 Å². The molecular formula is C22H32BrNO4Si2. The van der Waals surface area contributed by atoms with E-state index in [4.69, 9.17) is 13.6 Å². The van der Waals surface area contributed by atoms with E-state index >= 15 is 0 Å². The molecule has 5 nitrogen and oxygen atoms in total. The summed E-state index contributed by atoms with van der Waals surface area (Å²) in [6, 6.07) is 15.9. The Labute approximate surface area is 192 Å². The first-order chi connectivity index (χ1) is 14.5. The lowest BCUT2D eigenvalue weighted by molar-refractivity contribution is -0.105. The Bertz CT molecular complexity index is 786. The molecule has 2 aromatic carbocycles. The standard InChI is InChI=1S/C22H32BrNO4Si2/c1-22(2,21(27-29-3)28-30-4)18(13-23)17-10-11-20(19(12-17)24-15-25)26-14-16-8-6-5-7-9-16/h5-12,15,18,21H,13-14,29-30H2,1-4H3,(H,24,25)/t18-/m1/s1. The van der Waals surface area contributed by atoms with Crippen molar-refractivity contribution < 1.29 is 18.4 Å². The van der Waals surface area contributed by atoms with Gasteiger partial charge in [-0.3, -0.25) is 4.79 Å². The number of hydrogen-bond acceptors (Lipinski definition) is 4. The molecule has 0 bridgehead atoms. The van der Waals surface area contributed by atoms with Crippen molar-refractivity contribution in [3.63, 3.8) is 0 Å². The zero-order chi connectivity index (χ0) is 22.0. The molecule has 0 heterocycles. The van der Waals surface area contributed by atoms with Gasteiger partial charge in [-0.15, -0.1) is 0 Å². The van der Waals surface area contributed by atoms with Crippen molar-refractivity contribution in [2.24, 2.45) is 5.41 Å². The number of amides is 1. The van der Waals surface area contributed by atoms with Crippen LogP contribution in [0.3, 0.4) is 0 Å². The zero-order valence-electron chi connectivity index (χ0n) is 18.2. The summed E-state index contributed by atoms with van der Waals surface area (Å²) in [5.41, 5.74) is 2.59. The van der Waals surface area contributed by atoms with Crippen LogP contribution in [-0.4, -0.2) is 37.6 Å². The SMILES string of the molecule is C[SiH2]OC(O[SiH2]C)C(C)(C)[C@H](CBr)c1ccc(OCc2ccccc2)c(NC=O)c1. The van der Waals surface area contributed by atoms with Crippen molar-refractivity contribution in [3.05, 3.63) is 59.7 Å². The van der Waals surface area contributed by atoms with Gasteiger partial charge >= 0.3 is 0 Å². The quantitative estimate of drug-likeness (QED) is 0.192. The van der Waals surface area contributed by atoms with Gasteiger partial charge in [0.05, 0.1) is 5.69 Å². The van der Waals surface area contributed by atoms with Gasteiger partial charge in [-0.2, -0.15) is 0 Å². The molecule has 8 heteroatoms. The summed E-state index contributed by atoms with van der Waals surface area (Å²) in [5.74, 6) is 0.783. The maximum atomic E-state index is 11.2. The molecule has 0 aliphatic rings. The van der Waals surface area contributed by atoms with Crippen LogP contribution >= 0.6 is 15.9 Å². The minimum atomic E-state index is -0.605. The molecule has 1 N–H and O–H groups in total. The van der Waals surface area contributed by atoms with Crippen LogP contribution in [0.1, 0.15) is 30.9 Å². The molecule has 1 atom stereocenters. The zero-order valence-corrected chi connectivity index (χ0v) is 22.6. The highest BCUT2D eigenvalue weighted by Crippen LogP contribution is 2.43. The van der Waals surface area contributed by atoms with Crippen LogP contribution in [0.4, 0.5) is 5.69 Å². The van der Waals surface area contributed by atoms with E-state index in [1.807, 2.05) is 42.5 Å². The van der Waals surface area contributed by atoms with Crippen molar-refractivity contribution in [3.8, 4) is 5.75 Å². The Hall–Kier alpha value is -1.46. The highest BCUT2D eigenvalue weighted by Gasteiger charge is 2.39. The first kappa shape index (κ1) is 24.8. The molecule has 1 amide bonds. The monoisotopic (exact) mass is 509 g/mol. The minimum absolute atomic E-state index is 0.138. The molecule has 2 rings (SSSR count). The summed E-state index contributed by atoms with van der Waals surface area (Å²) in [4.78, 5) is 11.2. The fourth-order valence-corrected chi connectivity index (χ4v) is 6.52. The molecule has 0 spiro atoms. The predicted octanol–water partition coefficient (Wildman–Crippen LogP) is 3.96. The maximum absolute atomic E-state index is 11.2. The fourth-order valence-electron chi connectivity index (χ4n) is 3.46. The van der Waals surface area contributed by atoms with E-state index in [-0.39, 0.29) is 17.6 Å². The van der Waals surface area contributed by atoms with Crippen LogP contribution < -0.4 is 10.1 Å². The van der Waals surface area contributed by atoms with E-state index in [1.165, 1.54) is 0 Å². The van der Waals surface area contributed by atoms with Crippen molar-refractivity contribution in [1.82, 2.24) is 0 Å². The number of carbonyl (C=O) groups is 1. The number of anilines is 1. The average molecular weight is 511 g/mol. The number of halogens is 1. The van der Waals surface area contributed by atoms with Gasteiger partial charge in [0.15, 0.2) is 19.5 Å². The molecule has 0 saturated heterocycles. The molecule has 2 aromatic rings. The molecule has 0 saturated carbocycles. The van der Waals surface area contributed by atoms with Crippen LogP contribution in [0.25, 0.3) is 0 Å². The van der Waals surface area contributed by atoms with Crippen LogP contribution in [0, 0.1) is 5.41 Å². The van der Waals surface area contributed by atoms with Gasteiger partial charge in [-0.25, -0.2) is 0 Å². The highest BCUT2D eigenvalue weighted by atomic mass is 79.9. The molecule has 0 fully saturated rings. The number of carbonyl (C=O) groups excluding carboxylic acids is 1. The Morgan fingerprint density at radius 2 is 1.77 bits per heavy atom. The van der Waals surface area contributed by atoms with Gasteiger partial charge in [0.2, 0.25) is 6.41 Å². The Morgan fingerprint density at radius 3 is 2.33 bits per heavy atom. The third-order valence-corrected chi connectivity index (χ3v) is 7.07. The largest absolute Gasteiger partial charge is 0.487 e. The third kappa shape index (κ3) is 6.52. The topological polar surface area (TPSA) is 56.8 Å². The van der Waals surface area contributed by atoms with E-state index < -0.39 is 19.5 Å². The van der Waals surface area contributed by atoms with Gasteiger partial charge in [-0.05, 0) is 23.3 Å². The molecular weight excluding hydrogens is 478 g/mol. The first-order valence-corrected chi connectivity index (χ1v) is 15.4. The van der Waals surface area contributed by atoms with Crippen LogP contribution in [-0.2, 0) is 20.3 Å². The maximum Gasteiger partial charge on any atom is 0.211 e. The average Bonchev–Trinajstić information content (AvgIpc) is 2.74. The molecule has 0 unspecified atom stereocenters. The van der Waals surface area contributed by atoms with E-state index in [9.17, 15) is 4.79 Å². The summed E-state index contributed by atoms with van der Waals surface area (Å²) >= 11 is 3.69. The number of nitrogens with one attached hydrogen (secondary N) is 1. The molecule has 0 aliphatic carbocycles. The third-order valence-electron chi connectivity index (χ3n) is 5.15. The van der Waals surface area contributed by atoms with E-state index in [0.29, 0.717) is 24.5 Å². The van der Waals surface area contributed by atoms with Crippen LogP contribution in [0.2, 0.25) is 13.1 Å². The Kier molecular flexibility index (Phi) is 10.3. The van der Waals surface area contributed by atoms with Crippen LogP contribution in [0.15, 0.2) is 48.5 Å². The lowest BCUT2D eigenvalue weighted by Crippen LogP contribution is -2.41. The predicted molar refractivity (Wildman–Crippen MR) is 132 cm³/mol. The highest BCUT2D eigenvalue weighted by molar-refractivity contribution is 9.09. The number of hydrogen-bond donors (Lipinski definition) is 1. The molecule has 0 radical (unpaired) electrons. The summed E-state index contributed by atoms with van der Waals surface area (Å²) in [5, 5.41) is 3.55. The minimum Gasteiger partial charge on any atom is -0.487 e. The summed E-state index contributed by atoms with van der Waals surface area (Å²) < 4.78 is 18.1. The first-order valence-electron chi connectivity index (χ1n) is 10.3. The van der Waals surface area contributed by atoms with Crippen LogP contribution in [0.5, 0.6) is 5.75 Å². The lowest BCUT2D eigenvalue weighted by atomic mass is 9.75. The number of ether oxygens (including phenoxy) is 1. The number of rotatable bonds is 13. The molecule has 0 aliphatic heterocycles. The second-order valence-corrected chi connectivity index (χ2v) is 10.0. The molecule has 30 heavy (non-hydrogen) atoms. The van der Waals surface area contributed by atoms with Crippen molar-refractivity contribution in [2.75, 3.05) is 10.6 Å². The summed E-state index contributed by atoms with van der Waals surface area (Å²) in [6.07, 6.45) is 0.466. The Morgan fingerprint density at radius 1 is 1.10 bits per heavy atom. The fraction of sp³-hybridized carbons (Fsp3) is 0.409. The second kappa shape index (κ2) is 12.4.